The van der Waals surface area contributed by atoms with Gasteiger partial charge < -0.3 is 9.47 Å². The summed E-state index contributed by atoms with van der Waals surface area (Å²) in [5, 5.41) is 0.562. The normalized spacial score (nSPS) is 15.4. The number of anilines is 1. The van der Waals surface area contributed by atoms with Gasteiger partial charge in [-0.15, -0.1) is 0 Å². The number of nitrogens with zero attached hydrogens (tertiary/aromatic N) is 1. The molecule has 1 amide bonds. The highest BCUT2D eigenvalue weighted by Gasteiger charge is 2.38. The van der Waals surface area contributed by atoms with Crippen LogP contribution in [-0.2, 0) is 14.3 Å². The predicted molar refractivity (Wildman–Crippen MR) is 109 cm³/mol. The molecule has 0 aromatic heterocycles. The summed E-state index contributed by atoms with van der Waals surface area (Å²) in [6.07, 6.45) is 1.66. The van der Waals surface area contributed by atoms with Crippen molar-refractivity contribution in [1.29, 1.82) is 0 Å². The summed E-state index contributed by atoms with van der Waals surface area (Å²) in [7, 11) is 1.56. The molecule has 2 aromatic carbocycles. The Hall–Kier alpha value is -3.05. The molecule has 0 spiro atoms. The number of hydrogen-bond donors (Lipinski definition) is 0. The van der Waals surface area contributed by atoms with E-state index in [-0.39, 0.29) is 23.7 Å². The lowest BCUT2D eigenvalue weighted by Crippen LogP contribution is -2.24. The van der Waals surface area contributed by atoms with E-state index in [9.17, 15) is 9.59 Å². The van der Waals surface area contributed by atoms with E-state index in [4.69, 9.17) is 21.1 Å². The Morgan fingerprint density at radius 2 is 1.82 bits per heavy atom. The molecule has 0 radical (unpaired) electrons. The van der Waals surface area contributed by atoms with Crippen LogP contribution in [0.5, 0.6) is 5.75 Å². The lowest BCUT2D eigenvalue weighted by molar-refractivity contribution is -0.138. The number of halogens is 1. The number of para-hydroxylation sites is 1. The summed E-state index contributed by atoms with van der Waals surface area (Å²) >= 11 is 5.97. The van der Waals surface area contributed by atoms with Crippen molar-refractivity contribution in [1.82, 2.24) is 0 Å². The summed E-state index contributed by atoms with van der Waals surface area (Å²) in [4.78, 5) is 27.4. The monoisotopic (exact) mass is 397 g/mol. The fraction of sp³-hybridized carbons (Fsp3) is 0.182. The van der Waals surface area contributed by atoms with Crippen molar-refractivity contribution in [3.8, 4) is 5.75 Å². The minimum absolute atomic E-state index is 0.215. The van der Waals surface area contributed by atoms with Gasteiger partial charge in [0.05, 0.1) is 24.9 Å². The number of carbonyl (C=O) groups excluding carboxylic acids is 2. The molecule has 3 rings (SSSR count). The quantitative estimate of drug-likeness (QED) is 0.545. The number of allylic oxidation sites excluding steroid dienone is 1. The molecule has 1 heterocycles. The third kappa shape index (κ3) is 3.66. The van der Waals surface area contributed by atoms with E-state index >= 15 is 0 Å². The second-order valence-electron chi connectivity index (χ2n) is 6.10. The molecule has 2 aromatic rings. The molecule has 0 bridgehead atoms. The molecule has 0 unspecified atom stereocenters. The number of benzene rings is 2. The molecule has 1 aliphatic heterocycles. The minimum Gasteiger partial charge on any atom is -0.496 e. The maximum Gasteiger partial charge on any atom is 0.340 e. The van der Waals surface area contributed by atoms with Crippen molar-refractivity contribution in [2.45, 2.75) is 13.8 Å². The van der Waals surface area contributed by atoms with E-state index < -0.39 is 5.97 Å². The SMILES string of the molecule is CCOC(=O)C1=C(C)N(c2ccc(Cl)cc2)C(=O)/C1=C\c1ccccc1OC. The van der Waals surface area contributed by atoms with Crippen molar-refractivity contribution in [2.24, 2.45) is 0 Å². The number of hydrogen-bond acceptors (Lipinski definition) is 4. The van der Waals surface area contributed by atoms with E-state index in [0.29, 0.717) is 27.7 Å². The first-order valence-electron chi connectivity index (χ1n) is 8.81. The molecule has 144 valence electrons. The molecule has 0 atom stereocenters. The maximum absolute atomic E-state index is 13.3. The van der Waals surface area contributed by atoms with Crippen LogP contribution in [-0.4, -0.2) is 25.6 Å². The topological polar surface area (TPSA) is 55.8 Å². The zero-order chi connectivity index (χ0) is 20.3. The first-order valence-corrected chi connectivity index (χ1v) is 9.18. The van der Waals surface area contributed by atoms with E-state index in [0.717, 1.165) is 0 Å². The first-order chi connectivity index (χ1) is 13.5. The lowest BCUT2D eigenvalue weighted by atomic mass is 10.0. The summed E-state index contributed by atoms with van der Waals surface area (Å²) in [5.74, 6) is -0.242. The van der Waals surface area contributed by atoms with Crippen LogP contribution in [0.15, 0.2) is 65.4 Å². The number of methoxy groups -OCH3 is 1. The van der Waals surface area contributed by atoms with Crippen LogP contribution < -0.4 is 9.64 Å². The minimum atomic E-state index is -0.536. The first kappa shape index (κ1) is 19.7. The summed E-state index contributed by atoms with van der Waals surface area (Å²) < 4.78 is 10.6. The van der Waals surface area contributed by atoms with Gasteiger partial charge in [-0.05, 0) is 50.3 Å². The number of carbonyl (C=O) groups is 2. The van der Waals surface area contributed by atoms with Crippen molar-refractivity contribution in [3.05, 3.63) is 76.0 Å². The Balaban J connectivity index is 2.15. The standard InChI is InChI=1S/C22H20ClNO4/c1-4-28-22(26)20-14(2)24(17-11-9-16(23)10-12-17)21(25)18(20)13-15-7-5-6-8-19(15)27-3/h5-13H,4H2,1-3H3/b18-13-. The Kier molecular flexibility index (Phi) is 5.85. The Bertz CT molecular complexity index is 976. The molecule has 0 aliphatic carbocycles. The van der Waals surface area contributed by atoms with E-state index in [2.05, 4.69) is 0 Å². The van der Waals surface area contributed by atoms with Crippen molar-refractivity contribution in [3.63, 3.8) is 0 Å². The number of amides is 1. The van der Waals surface area contributed by atoms with Gasteiger partial charge in [-0.2, -0.15) is 0 Å². The van der Waals surface area contributed by atoms with Crippen LogP contribution in [0.4, 0.5) is 5.69 Å². The molecule has 0 fully saturated rings. The third-order valence-corrected chi connectivity index (χ3v) is 4.66. The zero-order valence-corrected chi connectivity index (χ0v) is 16.6. The highest BCUT2D eigenvalue weighted by molar-refractivity contribution is 6.30. The highest BCUT2D eigenvalue weighted by atomic mass is 35.5. The molecule has 0 N–H and O–H groups in total. The highest BCUT2D eigenvalue weighted by Crippen LogP contribution is 2.36. The summed E-state index contributed by atoms with van der Waals surface area (Å²) in [6.45, 7) is 3.67. The average molecular weight is 398 g/mol. The predicted octanol–water partition coefficient (Wildman–Crippen LogP) is 4.62. The van der Waals surface area contributed by atoms with Gasteiger partial charge in [0.25, 0.3) is 5.91 Å². The Morgan fingerprint density at radius 1 is 1.14 bits per heavy atom. The van der Waals surface area contributed by atoms with Crippen molar-refractivity contribution >= 4 is 35.2 Å². The largest absolute Gasteiger partial charge is 0.496 e. The molecule has 0 saturated heterocycles. The van der Waals surface area contributed by atoms with Crippen LogP contribution in [0.2, 0.25) is 5.02 Å². The molecule has 5 nitrogen and oxygen atoms in total. The zero-order valence-electron chi connectivity index (χ0n) is 15.9. The third-order valence-electron chi connectivity index (χ3n) is 4.40. The van der Waals surface area contributed by atoms with Crippen LogP contribution in [0.3, 0.4) is 0 Å². The average Bonchev–Trinajstić information content (AvgIpc) is 2.93. The second-order valence-corrected chi connectivity index (χ2v) is 6.53. The van der Waals surface area contributed by atoms with Gasteiger partial charge in [0, 0.05) is 22.0 Å². The fourth-order valence-corrected chi connectivity index (χ4v) is 3.25. The maximum atomic E-state index is 13.3. The fourth-order valence-electron chi connectivity index (χ4n) is 3.12. The van der Waals surface area contributed by atoms with Crippen molar-refractivity contribution in [2.75, 3.05) is 18.6 Å². The lowest BCUT2D eigenvalue weighted by Gasteiger charge is -2.18. The molecule has 0 saturated carbocycles. The summed E-state index contributed by atoms with van der Waals surface area (Å²) in [6, 6.07) is 14.2. The van der Waals surface area contributed by atoms with Gasteiger partial charge in [0.1, 0.15) is 5.75 Å². The second kappa shape index (κ2) is 8.31. The molecule has 28 heavy (non-hydrogen) atoms. The molecular weight excluding hydrogens is 378 g/mol. The van der Waals surface area contributed by atoms with Crippen LogP contribution in [0, 0.1) is 0 Å². The van der Waals surface area contributed by atoms with Crippen LogP contribution >= 0.6 is 11.6 Å². The van der Waals surface area contributed by atoms with Gasteiger partial charge in [0.15, 0.2) is 0 Å². The molecule has 6 heteroatoms. The van der Waals surface area contributed by atoms with Gasteiger partial charge in [-0.1, -0.05) is 29.8 Å². The van der Waals surface area contributed by atoms with Gasteiger partial charge >= 0.3 is 5.97 Å². The van der Waals surface area contributed by atoms with Crippen LogP contribution in [0.1, 0.15) is 19.4 Å². The molecular formula is C22H20ClNO4. The summed E-state index contributed by atoms with van der Waals surface area (Å²) in [5.41, 5.74) is 2.33. The smallest absolute Gasteiger partial charge is 0.340 e. The molecule has 1 aliphatic rings. The number of rotatable bonds is 5. The van der Waals surface area contributed by atoms with E-state index in [1.165, 1.54) is 4.90 Å². The van der Waals surface area contributed by atoms with E-state index in [1.54, 1.807) is 57.4 Å². The van der Waals surface area contributed by atoms with Gasteiger partial charge in [0.2, 0.25) is 0 Å². The van der Waals surface area contributed by atoms with Gasteiger partial charge in [-0.3, -0.25) is 9.69 Å². The number of esters is 1. The number of ether oxygens (including phenoxy) is 2. The van der Waals surface area contributed by atoms with Crippen LogP contribution in [0.25, 0.3) is 6.08 Å². The van der Waals surface area contributed by atoms with E-state index in [1.807, 2.05) is 18.2 Å². The Morgan fingerprint density at radius 3 is 2.46 bits per heavy atom. The Labute approximate surface area is 168 Å². The van der Waals surface area contributed by atoms with Gasteiger partial charge in [-0.25, -0.2) is 4.79 Å². The van der Waals surface area contributed by atoms with Crippen molar-refractivity contribution < 1.29 is 19.1 Å².